The van der Waals surface area contributed by atoms with Crippen molar-refractivity contribution in [1.82, 2.24) is 20.1 Å². The molecule has 1 aromatic heterocycles. The molecular formula is C17H26N4O2. The van der Waals surface area contributed by atoms with Gasteiger partial charge in [0.15, 0.2) is 0 Å². The van der Waals surface area contributed by atoms with Gasteiger partial charge < -0.3 is 15.0 Å². The minimum absolute atomic E-state index is 0.125. The molecule has 2 fully saturated rings. The molecule has 1 N–H and O–H groups in total. The van der Waals surface area contributed by atoms with E-state index in [-0.39, 0.29) is 11.9 Å². The molecule has 2 aliphatic rings. The molecule has 126 valence electrons. The van der Waals surface area contributed by atoms with Gasteiger partial charge in [-0.25, -0.2) is 0 Å². The lowest BCUT2D eigenvalue weighted by Gasteiger charge is -2.27. The fraction of sp³-hybridized carbons (Fsp3) is 0.647. The van der Waals surface area contributed by atoms with Gasteiger partial charge in [-0.15, -0.1) is 0 Å². The van der Waals surface area contributed by atoms with Gasteiger partial charge in [0.1, 0.15) is 0 Å². The van der Waals surface area contributed by atoms with E-state index in [1.165, 1.54) is 0 Å². The first-order valence-electron chi connectivity index (χ1n) is 8.48. The van der Waals surface area contributed by atoms with Gasteiger partial charge in [0.2, 0.25) is 5.91 Å². The molecule has 0 saturated carbocycles. The fourth-order valence-corrected chi connectivity index (χ4v) is 3.39. The van der Waals surface area contributed by atoms with E-state index in [1.807, 2.05) is 11.9 Å². The molecule has 2 aliphatic heterocycles. The van der Waals surface area contributed by atoms with Crippen LogP contribution in [0.4, 0.5) is 0 Å². The van der Waals surface area contributed by atoms with Crippen molar-refractivity contribution in [3.05, 3.63) is 29.6 Å². The number of aromatic nitrogens is 1. The molecule has 0 unspecified atom stereocenters. The van der Waals surface area contributed by atoms with E-state index < -0.39 is 0 Å². The predicted molar refractivity (Wildman–Crippen MR) is 87.9 cm³/mol. The third kappa shape index (κ3) is 4.07. The molecule has 0 aromatic carbocycles. The van der Waals surface area contributed by atoms with E-state index in [1.54, 1.807) is 0 Å². The zero-order valence-electron chi connectivity index (χ0n) is 13.8. The summed E-state index contributed by atoms with van der Waals surface area (Å²) in [6, 6.07) is 6.32. The van der Waals surface area contributed by atoms with E-state index >= 15 is 0 Å². The Morgan fingerprint density at radius 2 is 2.17 bits per heavy atom. The van der Waals surface area contributed by atoms with Crippen LogP contribution in [0.15, 0.2) is 18.2 Å². The number of rotatable bonds is 5. The Morgan fingerprint density at radius 1 is 1.35 bits per heavy atom. The summed E-state index contributed by atoms with van der Waals surface area (Å²) in [4.78, 5) is 21.4. The predicted octanol–water partition coefficient (Wildman–Crippen LogP) is 0.797. The molecule has 0 spiro atoms. The second-order valence-corrected chi connectivity index (χ2v) is 6.22. The maximum atomic E-state index is 12.2. The number of hydrogen-bond donors (Lipinski definition) is 1. The standard InChI is InChI=1S/C17H26N4O2/c1-18-12-17(22)21-7-3-6-16(21)15-5-2-4-14(19-15)13-20-8-10-23-11-9-20/h2,4-5,16,18H,3,6-13H2,1H3/t16-/m0/s1. The monoisotopic (exact) mass is 318 g/mol. The van der Waals surface area contributed by atoms with Gasteiger partial charge >= 0.3 is 0 Å². The average Bonchev–Trinajstić information content (AvgIpc) is 3.06. The van der Waals surface area contributed by atoms with Crippen molar-refractivity contribution < 1.29 is 9.53 Å². The van der Waals surface area contributed by atoms with Gasteiger partial charge in [-0.2, -0.15) is 0 Å². The highest BCUT2D eigenvalue weighted by atomic mass is 16.5. The third-order valence-corrected chi connectivity index (χ3v) is 4.56. The Morgan fingerprint density at radius 3 is 2.96 bits per heavy atom. The van der Waals surface area contributed by atoms with Crippen LogP contribution < -0.4 is 5.32 Å². The highest BCUT2D eigenvalue weighted by molar-refractivity contribution is 5.79. The number of amides is 1. The van der Waals surface area contributed by atoms with Crippen molar-refractivity contribution in [2.45, 2.75) is 25.4 Å². The number of ether oxygens (including phenoxy) is 1. The topological polar surface area (TPSA) is 57.7 Å². The SMILES string of the molecule is CNCC(=O)N1CCC[C@H]1c1cccc(CN2CCOCC2)n1. The van der Waals surface area contributed by atoms with Crippen LogP contribution in [-0.4, -0.2) is 67.1 Å². The van der Waals surface area contributed by atoms with Crippen LogP contribution in [0.1, 0.15) is 30.3 Å². The molecule has 3 heterocycles. The van der Waals surface area contributed by atoms with Crippen LogP contribution >= 0.6 is 0 Å². The van der Waals surface area contributed by atoms with Gasteiger partial charge in [0.05, 0.1) is 37.2 Å². The molecule has 1 amide bonds. The van der Waals surface area contributed by atoms with Crippen LogP contribution in [0.25, 0.3) is 0 Å². The maximum absolute atomic E-state index is 12.2. The maximum Gasteiger partial charge on any atom is 0.237 e. The summed E-state index contributed by atoms with van der Waals surface area (Å²) in [7, 11) is 1.81. The average molecular weight is 318 g/mol. The molecule has 0 radical (unpaired) electrons. The first kappa shape index (κ1) is 16.4. The lowest BCUT2D eigenvalue weighted by molar-refractivity contribution is -0.131. The van der Waals surface area contributed by atoms with Crippen molar-refractivity contribution in [3.8, 4) is 0 Å². The van der Waals surface area contributed by atoms with E-state index in [4.69, 9.17) is 9.72 Å². The number of likely N-dealkylation sites (N-methyl/N-ethyl adjacent to an activating group) is 1. The van der Waals surface area contributed by atoms with E-state index in [0.29, 0.717) is 6.54 Å². The first-order valence-corrected chi connectivity index (χ1v) is 8.48. The highest BCUT2D eigenvalue weighted by Crippen LogP contribution is 2.30. The van der Waals surface area contributed by atoms with Crippen LogP contribution in [0.2, 0.25) is 0 Å². The summed E-state index contributed by atoms with van der Waals surface area (Å²) in [5, 5.41) is 2.95. The smallest absolute Gasteiger partial charge is 0.237 e. The lowest BCUT2D eigenvalue weighted by atomic mass is 10.1. The van der Waals surface area contributed by atoms with Gasteiger partial charge in [-0.3, -0.25) is 14.7 Å². The quantitative estimate of drug-likeness (QED) is 0.870. The molecule has 6 nitrogen and oxygen atoms in total. The van der Waals surface area contributed by atoms with Crippen molar-refractivity contribution >= 4 is 5.91 Å². The summed E-state index contributed by atoms with van der Waals surface area (Å²) in [5.41, 5.74) is 2.11. The van der Waals surface area contributed by atoms with Crippen molar-refractivity contribution in [1.29, 1.82) is 0 Å². The van der Waals surface area contributed by atoms with Crippen LogP contribution in [-0.2, 0) is 16.1 Å². The minimum atomic E-state index is 0.125. The largest absolute Gasteiger partial charge is 0.379 e. The molecule has 0 bridgehead atoms. The zero-order valence-corrected chi connectivity index (χ0v) is 13.8. The summed E-state index contributed by atoms with van der Waals surface area (Å²) < 4.78 is 5.39. The number of pyridine rings is 1. The molecule has 3 rings (SSSR count). The van der Waals surface area contributed by atoms with Gasteiger partial charge in [0, 0.05) is 26.2 Å². The number of carbonyl (C=O) groups excluding carboxylic acids is 1. The number of carbonyl (C=O) groups is 1. The van der Waals surface area contributed by atoms with Crippen LogP contribution in [0, 0.1) is 0 Å². The number of morpholine rings is 1. The second kappa shape index (κ2) is 7.86. The summed E-state index contributed by atoms with van der Waals surface area (Å²) in [6.07, 6.45) is 2.05. The summed E-state index contributed by atoms with van der Waals surface area (Å²) in [6.45, 7) is 5.60. The van der Waals surface area contributed by atoms with Gasteiger partial charge in [0.25, 0.3) is 0 Å². The lowest BCUT2D eigenvalue weighted by Crippen LogP contribution is -2.37. The number of nitrogens with one attached hydrogen (secondary N) is 1. The van der Waals surface area contributed by atoms with Crippen molar-refractivity contribution in [2.75, 3.05) is 46.4 Å². The second-order valence-electron chi connectivity index (χ2n) is 6.22. The number of hydrogen-bond acceptors (Lipinski definition) is 5. The molecular weight excluding hydrogens is 292 g/mol. The molecule has 1 atom stereocenters. The van der Waals surface area contributed by atoms with Crippen molar-refractivity contribution in [3.63, 3.8) is 0 Å². The minimum Gasteiger partial charge on any atom is -0.379 e. The normalized spacial score (nSPS) is 22.5. The van der Waals surface area contributed by atoms with E-state index in [0.717, 1.165) is 63.6 Å². The first-order chi connectivity index (χ1) is 11.3. The van der Waals surface area contributed by atoms with Gasteiger partial charge in [-0.05, 0) is 32.0 Å². The van der Waals surface area contributed by atoms with Gasteiger partial charge in [-0.1, -0.05) is 6.07 Å². The highest BCUT2D eigenvalue weighted by Gasteiger charge is 2.30. The molecule has 6 heteroatoms. The Labute approximate surface area is 137 Å². The molecule has 2 saturated heterocycles. The Hall–Kier alpha value is -1.50. The van der Waals surface area contributed by atoms with Crippen LogP contribution in [0.5, 0.6) is 0 Å². The van der Waals surface area contributed by atoms with Crippen LogP contribution in [0.3, 0.4) is 0 Å². The molecule has 23 heavy (non-hydrogen) atoms. The van der Waals surface area contributed by atoms with E-state index in [9.17, 15) is 4.79 Å². The molecule has 1 aromatic rings. The number of likely N-dealkylation sites (tertiary alicyclic amines) is 1. The third-order valence-electron chi connectivity index (χ3n) is 4.56. The van der Waals surface area contributed by atoms with E-state index in [2.05, 4.69) is 28.4 Å². The zero-order chi connectivity index (χ0) is 16.1. The Balaban J connectivity index is 1.69. The Kier molecular flexibility index (Phi) is 5.59. The fourth-order valence-electron chi connectivity index (χ4n) is 3.39. The Bertz CT molecular complexity index is 531. The van der Waals surface area contributed by atoms with Crippen molar-refractivity contribution in [2.24, 2.45) is 0 Å². The molecule has 0 aliphatic carbocycles. The summed E-state index contributed by atoms with van der Waals surface area (Å²) >= 11 is 0. The number of nitrogens with zero attached hydrogens (tertiary/aromatic N) is 3. The summed E-state index contributed by atoms with van der Waals surface area (Å²) in [5.74, 6) is 0.162.